The first-order valence-electron chi connectivity index (χ1n) is 9.70. The summed E-state index contributed by atoms with van der Waals surface area (Å²) in [5.74, 6) is 0.667. The molecule has 1 saturated heterocycles. The highest BCUT2D eigenvalue weighted by molar-refractivity contribution is 5.98. The number of aromatic nitrogens is 1. The Morgan fingerprint density at radius 1 is 1.04 bits per heavy atom. The second-order valence-corrected chi connectivity index (χ2v) is 7.43. The maximum absolute atomic E-state index is 7.16. The predicted molar refractivity (Wildman–Crippen MR) is 110 cm³/mol. The van der Waals surface area contributed by atoms with E-state index in [9.17, 15) is 0 Å². The molecule has 3 aromatic rings. The van der Waals surface area contributed by atoms with Crippen LogP contribution in [0.15, 0.2) is 48.7 Å². The van der Waals surface area contributed by atoms with Gasteiger partial charge < -0.3 is 10.2 Å². The molecule has 0 atom stereocenters. The number of para-hydroxylation sites is 1. The summed E-state index contributed by atoms with van der Waals surface area (Å²) in [5, 5.41) is 4.73. The van der Waals surface area contributed by atoms with Crippen molar-refractivity contribution < 1.29 is 0 Å². The SMILES string of the molecule is [C-]#[N+]c1ccc(-c2cccc3c(C4CC4)c(N4CCNCC4)cnc23)cc1. The molecule has 4 heteroatoms. The molecule has 5 rings (SSSR count). The van der Waals surface area contributed by atoms with Crippen molar-refractivity contribution in [1.29, 1.82) is 0 Å². The molecular formula is C23H22N4. The molecule has 2 aliphatic rings. The summed E-state index contributed by atoms with van der Waals surface area (Å²) >= 11 is 0. The molecule has 0 unspecified atom stereocenters. The van der Waals surface area contributed by atoms with Crippen LogP contribution in [0.4, 0.5) is 11.4 Å². The maximum Gasteiger partial charge on any atom is 0.187 e. The van der Waals surface area contributed by atoms with Crippen LogP contribution >= 0.6 is 0 Å². The fourth-order valence-corrected chi connectivity index (χ4v) is 4.14. The third-order valence-corrected chi connectivity index (χ3v) is 5.67. The Hall–Kier alpha value is -2.90. The van der Waals surface area contributed by atoms with E-state index in [0.717, 1.165) is 42.8 Å². The highest BCUT2D eigenvalue weighted by Crippen LogP contribution is 2.48. The van der Waals surface area contributed by atoms with Gasteiger partial charge in [0.2, 0.25) is 0 Å². The van der Waals surface area contributed by atoms with Crippen molar-refractivity contribution >= 4 is 22.3 Å². The Kier molecular flexibility index (Phi) is 4.03. The van der Waals surface area contributed by atoms with Crippen LogP contribution in [-0.4, -0.2) is 31.2 Å². The number of nitrogens with zero attached hydrogens (tertiary/aromatic N) is 3. The normalized spacial score (nSPS) is 17.1. The molecule has 1 aliphatic carbocycles. The van der Waals surface area contributed by atoms with Crippen LogP contribution in [0.2, 0.25) is 0 Å². The lowest BCUT2D eigenvalue weighted by Gasteiger charge is -2.31. The number of anilines is 1. The number of piperazine rings is 1. The van der Waals surface area contributed by atoms with E-state index in [1.165, 1.54) is 29.5 Å². The minimum atomic E-state index is 0.667. The Labute approximate surface area is 159 Å². The molecule has 2 aromatic carbocycles. The largest absolute Gasteiger partial charge is 0.367 e. The van der Waals surface area contributed by atoms with Crippen molar-refractivity contribution in [3.8, 4) is 11.1 Å². The van der Waals surface area contributed by atoms with Crippen LogP contribution in [0.3, 0.4) is 0 Å². The summed E-state index contributed by atoms with van der Waals surface area (Å²) < 4.78 is 0. The van der Waals surface area contributed by atoms with Gasteiger partial charge in [0.15, 0.2) is 5.69 Å². The first-order valence-corrected chi connectivity index (χ1v) is 9.70. The van der Waals surface area contributed by atoms with E-state index in [-0.39, 0.29) is 0 Å². The lowest BCUT2D eigenvalue weighted by molar-refractivity contribution is 0.587. The first kappa shape index (κ1) is 16.3. The van der Waals surface area contributed by atoms with E-state index in [4.69, 9.17) is 11.6 Å². The van der Waals surface area contributed by atoms with E-state index >= 15 is 0 Å². The maximum atomic E-state index is 7.16. The monoisotopic (exact) mass is 354 g/mol. The van der Waals surface area contributed by atoms with Crippen LogP contribution in [0.5, 0.6) is 0 Å². The second-order valence-electron chi connectivity index (χ2n) is 7.43. The topological polar surface area (TPSA) is 32.5 Å². The number of hydrogen-bond donors (Lipinski definition) is 1. The Morgan fingerprint density at radius 3 is 2.52 bits per heavy atom. The molecule has 0 bridgehead atoms. The van der Waals surface area contributed by atoms with Crippen molar-refractivity contribution in [2.75, 3.05) is 31.1 Å². The zero-order chi connectivity index (χ0) is 18.2. The van der Waals surface area contributed by atoms with Crippen LogP contribution in [0.25, 0.3) is 26.9 Å². The number of nitrogens with one attached hydrogen (secondary N) is 1. The number of pyridine rings is 1. The molecule has 2 heterocycles. The molecular weight excluding hydrogens is 332 g/mol. The molecule has 27 heavy (non-hydrogen) atoms. The third kappa shape index (κ3) is 2.94. The lowest BCUT2D eigenvalue weighted by atomic mass is 9.96. The number of benzene rings is 2. The molecule has 1 N–H and O–H groups in total. The van der Waals surface area contributed by atoms with Gasteiger partial charge in [-0.05, 0) is 29.9 Å². The number of rotatable bonds is 3. The molecule has 1 saturated carbocycles. The van der Waals surface area contributed by atoms with Crippen molar-refractivity contribution in [2.24, 2.45) is 0 Å². The van der Waals surface area contributed by atoms with Gasteiger partial charge in [0, 0.05) is 37.1 Å². The van der Waals surface area contributed by atoms with Crippen LogP contribution in [0, 0.1) is 6.57 Å². The summed E-state index contributed by atoms with van der Waals surface area (Å²) in [4.78, 5) is 10.9. The van der Waals surface area contributed by atoms with Gasteiger partial charge in [0.05, 0.1) is 24.0 Å². The Morgan fingerprint density at radius 2 is 1.81 bits per heavy atom. The van der Waals surface area contributed by atoms with Gasteiger partial charge in [-0.3, -0.25) is 4.98 Å². The molecule has 0 radical (unpaired) electrons. The summed E-state index contributed by atoms with van der Waals surface area (Å²) in [5.41, 5.74) is 6.84. The third-order valence-electron chi connectivity index (χ3n) is 5.67. The Bertz CT molecular complexity index is 1020. The average molecular weight is 354 g/mol. The van der Waals surface area contributed by atoms with E-state index in [1.807, 2.05) is 24.3 Å². The van der Waals surface area contributed by atoms with Crippen molar-refractivity contribution in [2.45, 2.75) is 18.8 Å². The summed E-state index contributed by atoms with van der Waals surface area (Å²) in [7, 11) is 0. The number of fused-ring (bicyclic) bond motifs is 1. The fourth-order valence-electron chi connectivity index (χ4n) is 4.14. The lowest BCUT2D eigenvalue weighted by Crippen LogP contribution is -2.44. The summed E-state index contributed by atoms with van der Waals surface area (Å²) in [6.45, 7) is 11.3. The molecule has 1 aliphatic heterocycles. The minimum Gasteiger partial charge on any atom is -0.367 e. The number of hydrogen-bond acceptors (Lipinski definition) is 3. The predicted octanol–water partition coefficient (Wildman–Crippen LogP) is 4.74. The highest BCUT2D eigenvalue weighted by Gasteiger charge is 2.30. The van der Waals surface area contributed by atoms with Gasteiger partial charge in [0.25, 0.3) is 0 Å². The smallest absolute Gasteiger partial charge is 0.187 e. The van der Waals surface area contributed by atoms with Crippen molar-refractivity contribution in [3.63, 3.8) is 0 Å². The summed E-state index contributed by atoms with van der Waals surface area (Å²) in [6.07, 6.45) is 4.66. The quantitative estimate of drug-likeness (QED) is 0.690. The van der Waals surface area contributed by atoms with E-state index in [0.29, 0.717) is 11.6 Å². The standard InChI is InChI=1S/C23H22N4/c1-24-18-9-7-16(8-10-18)19-3-2-4-20-22(17-5-6-17)21(15-26-23(19)20)27-13-11-25-12-14-27/h2-4,7-10,15,17,25H,5-6,11-14H2. The van der Waals surface area contributed by atoms with Gasteiger partial charge in [-0.15, -0.1) is 0 Å². The molecule has 4 nitrogen and oxygen atoms in total. The van der Waals surface area contributed by atoms with Crippen LogP contribution in [-0.2, 0) is 0 Å². The average Bonchev–Trinajstić information content (AvgIpc) is 3.58. The van der Waals surface area contributed by atoms with E-state index in [2.05, 4.69) is 39.5 Å². The van der Waals surface area contributed by atoms with E-state index < -0.39 is 0 Å². The zero-order valence-electron chi connectivity index (χ0n) is 15.3. The van der Waals surface area contributed by atoms with Crippen molar-refractivity contribution in [3.05, 3.63) is 65.6 Å². The summed E-state index contributed by atoms with van der Waals surface area (Å²) in [6, 6.07) is 14.4. The van der Waals surface area contributed by atoms with Gasteiger partial charge in [0.1, 0.15) is 0 Å². The molecule has 0 amide bonds. The Balaban J connectivity index is 1.67. The van der Waals surface area contributed by atoms with Crippen molar-refractivity contribution in [1.82, 2.24) is 10.3 Å². The molecule has 0 spiro atoms. The zero-order valence-corrected chi connectivity index (χ0v) is 15.3. The van der Waals surface area contributed by atoms with Gasteiger partial charge >= 0.3 is 0 Å². The van der Waals surface area contributed by atoms with Crippen LogP contribution < -0.4 is 10.2 Å². The van der Waals surface area contributed by atoms with Gasteiger partial charge in [-0.1, -0.05) is 42.5 Å². The molecule has 134 valence electrons. The second kappa shape index (κ2) is 6.68. The van der Waals surface area contributed by atoms with E-state index in [1.54, 1.807) is 0 Å². The van der Waals surface area contributed by atoms with Gasteiger partial charge in [-0.25, -0.2) is 4.85 Å². The fraction of sp³-hybridized carbons (Fsp3) is 0.304. The van der Waals surface area contributed by atoms with Gasteiger partial charge in [-0.2, -0.15) is 0 Å². The minimum absolute atomic E-state index is 0.667. The molecule has 1 aromatic heterocycles. The molecule has 2 fully saturated rings. The highest BCUT2D eigenvalue weighted by atomic mass is 15.2. The first-order chi connectivity index (χ1) is 13.3. The van der Waals surface area contributed by atoms with Crippen LogP contribution in [0.1, 0.15) is 24.3 Å².